The van der Waals surface area contributed by atoms with Gasteiger partial charge in [-0.1, -0.05) is 50.2 Å². The summed E-state index contributed by atoms with van der Waals surface area (Å²) < 4.78 is 22.3. The Bertz CT molecular complexity index is 771. The highest BCUT2D eigenvalue weighted by Gasteiger charge is 2.32. The summed E-state index contributed by atoms with van der Waals surface area (Å²) in [7, 11) is 0. The lowest BCUT2D eigenvalue weighted by Gasteiger charge is -2.29. The topological polar surface area (TPSA) is 94.9 Å². The van der Waals surface area contributed by atoms with Crippen molar-refractivity contribution >= 4 is 29.2 Å². The van der Waals surface area contributed by atoms with Crippen LogP contribution in [0.4, 0.5) is 5.69 Å². The molecule has 0 aliphatic heterocycles. The number of carbonyl (C=O) groups excluding carboxylic acids is 1. The number of hydrogen-bond acceptors (Lipinski definition) is 3. The number of benzene rings is 2. The zero-order chi connectivity index (χ0) is 18.6. The number of aldehydes is 1. The maximum absolute atomic E-state index is 11.7. The van der Waals surface area contributed by atoms with Crippen LogP contribution < -0.4 is 4.31 Å². The molecular formula is C18H19NO5S. The van der Waals surface area contributed by atoms with Gasteiger partial charge in [0.2, 0.25) is 0 Å². The van der Waals surface area contributed by atoms with Crippen molar-refractivity contribution in [3.8, 4) is 11.1 Å². The normalized spacial score (nSPS) is 13.3. The van der Waals surface area contributed by atoms with Crippen LogP contribution in [0.5, 0.6) is 0 Å². The molecule has 2 atom stereocenters. The highest BCUT2D eigenvalue weighted by molar-refractivity contribution is 7.80. The fraction of sp³-hybridized carbons (Fsp3) is 0.222. The summed E-state index contributed by atoms with van der Waals surface area (Å²) in [5, 5.41) is 9.39. The van der Waals surface area contributed by atoms with E-state index in [0.717, 1.165) is 21.7 Å². The van der Waals surface area contributed by atoms with E-state index < -0.39 is 23.3 Å². The van der Waals surface area contributed by atoms with Crippen LogP contribution in [0.3, 0.4) is 0 Å². The monoisotopic (exact) mass is 361 g/mol. The van der Waals surface area contributed by atoms with Crippen LogP contribution in [0.1, 0.15) is 24.2 Å². The molecule has 2 N–H and O–H groups in total. The van der Waals surface area contributed by atoms with Crippen LogP contribution >= 0.6 is 0 Å². The van der Waals surface area contributed by atoms with E-state index in [2.05, 4.69) is 0 Å². The number of nitrogens with zero attached hydrogens (tertiary/aromatic N) is 1. The van der Waals surface area contributed by atoms with Gasteiger partial charge in [0.25, 0.3) is 11.3 Å². The fourth-order valence-corrected chi connectivity index (χ4v) is 3.39. The summed E-state index contributed by atoms with van der Waals surface area (Å²) >= 11 is -2.47. The minimum atomic E-state index is -2.47. The first-order valence-corrected chi connectivity index (χ1v) is 8.70. The van der Waals surface area contributed by atoms with Gasteiger partial charge in [-0.05, 0) is 29.2 Å². The smallest absolute Gasteiger partial charge is 0.327 e. The Morgan fingerprint density at radius 1 is 1.04 bits per heavy atom. The molecule has 0 bridgehead atoms. The van der Waals surface area contributed by atoms with Crippen LogP contribution in [-0.2, 0) is 16.1 Å². The molecule has 2 unspecified atom stereocenters. The lowest BCUT2D eigenvalue weighted by atomic mass is 10.0. The van der Waals surface area contributed by atoms with E-state index in [9.17, 15) is 23.5 Å². The molecule has 2 aromatic carbocycles. The molecule has 0 saturated carbocycles. The number of carboxylic acid groups (broad SMARTS) is 1. The highest BCUT2D eigenvalue weighted by atomic mass is 32.2. The lowest BCUT2D eigenvalue weighted by molar-refractivity contribution is -0.139. The quantitative estimate of drug-likeness (QED) is 0.583. The number of carboxylic acids is 1. The summed E-state index contributed by atoms with van der Waals surface area (Å²) in [4.78, 5) is 22.2. The van der Waals surface area contributed by atoms with E-state index >= 15 is 0 Å². The second-order valence-corrected chi connectivity index (χ2v) is 6.73. The van der Waals surface area contributed by atoms with Gasteiger partial charge in [-0.25, -0.2) is 9.00 Å². The van der Waals surface area contributed by atoms with Crippen molar-refractivity contribution < 1.29 is 23.5 Å². The van der Waals surface area contributed by atoms with E-state index in [1.165, 1.54) is 0 Å². The van der Waals surface area contributed by atoms with Crippen LogP contribution in [0, 0.1) is 5.92 Å². The average molecular weight is 361 g/mol. The number of anilines is 1. The second kappa shape index (κ2) is 8.04. The zero-order valence-electron chi connectivity index (χ0n) is 13.8. The Hall–Kier alpha value is -2.51. The molecule has 7 heteroatoms. The maximum atomic E-state index is 11.7. The molecule has 0 aromatic heterocycles. The maximum Gasteiger partial charge on any atom is 0.327 e. The third-order valence-electron chi connectivity index (χ3n) is 3.81. The number of aliphatic carboxylic acids is 1. The fourth-order valence-electron chi connectivity index (χ4n) is 2.56. The molecule has 25 heavy (non-hydrogen) atoms. The van der Waals surface area contributed by atoms with Gasteiger partial charge in [-0.15, -0.1) is 0 Å². The van der Waals surface area contributed by atoms with Gasteiger partial charge in [-0.3, -0.25) is 13.7 Å². The molecule has 0 saturated heterocycles. The Balaban J connectivity index is 2.36. The molecule has 2 rings (SSSR count). The molecule has 0 aliphatic rings. The Morgan fingerprint density at radius 2 is 1.52 bits per heavy atom. The summed E-state index contributed by atoms with van der Waals surface area (Å²) in [5.74, 6) is -1.52. The van der Waals surface area contributed by atoms with E-state index in [4.69, 9.17) is 0 Å². The van der Waals surface area contributed by atoms with Gasteiger partial charge in [0, 0.05) is 5.56 Å². The minimum Gasteiger partial charge on any atom is -0.480 e. The third-order valence-corrected chi connectivity index (χ3v) is 4.58. The molecule has 0 amide bonds. The highest BCUT2D eigenvalue weighted by Crippen LogP contribution is 2.27. The van der Waals surface area contributed by atoms with Gasteiger partial charge in [0.1, 0.15) is 12.3 Å². The molecule has 0 radical (unpaired) electrons. The third kappa shape index (κ3) is 4.32. The largest absolute Gasteiger partial charge is 0.480 e. The van der Waals surface area contributed by atoms with Crippen LogP contribution in [0.15, 0.2) is 48.5 Å². The summed E-state index contributed by atoms with van der Waals surface area (Å²) in [6.45, 7) is 3.36. The van der Waals surface area contributed by atoms with Crippen molar-refractivity contribution in [1.29, 1.82) is 0 Å². The van der Waals surface area contributed by atoms with E-state index in [0.29, 0.717) is 11.3 Å². The Kier molecular flexibility index (Phi) is 6.06. The summed E-state index contributed by atoms with van der Waals surface area (Å²) in [6, 6.07) is 12.6. The van der Waals surface area contributed by atoms with Crippen molar-refractivity contribution in [2.75, 3.05) is 4.31 Å². The predicted octanol–water partition coefficient (Wildman–Crippen LogP) is 3.22. The molecule has 0 aliphatic carbocycles. The Morgan fingerprint density at radius 3 is 1.88 bits per heavy atom. The predicted molar refractivity (Wildman–Crippen MR) is 96.8 cm³/mol. The first-order valence-electron chi connectivity index (χ1n) is 7.64. The number of rotatable bonds is 7. The summed E-state index contributed by atoms with van der Waals surface area (Å²) in [5.41, 5.74) is 2.65. The molecule has 0 heterocycles. The van der Waals surface area contributed by atoms with Crippen molar-refractivity contribution in [3.63, 3.8) is 0 Å². The van der Waals surface area contributed by atoms with Crippen LogP contribution in [0.2, 0.25) is 0 Å². The standard InChI is InChI=1S/C18H19NO5S/c1-12(2)17(18(21)22)19(25(23)24)16-9-7-15(8-10-16)14-5-3-13(11-20)4-6-14/h3-12,17H,1-2H3,(H,21,22)(H,23,24). The average Bonchev–Trinajstić information content (AvgIpc) is 2.59. The molecule has 2 aromatic rings. The van der Waals surface area contributed by atoms with Crippen molar-refractivity contribution in [2.24, 2.45) is 5.92 Å². The lowest BCUT2D eigenvalue weighted by Crippen LogP contribution is -2.45. The number of hydrogen-bond donors (Lipinski definition) is 2. The van der Waals surface area contributed by atoms with Crippen LogP contribution in [0.25, 0.3) is 11.1 Å². The van der Waals surface area contributed by atoms with Crippen molar-refractivity contribution in [3.05, 3.63) is 54.1 Å². The van der Waals surface area contributed by atoms with Gasteiger partial charge in [0.15, 0.2) is 0 Å². The molecule has 6 nitrogen and oxygen atoms in total. The summed E-state index contributed by atoms with van der Waals surface area (Å²) in [6.07, 6.45) is 0.763. The molecule has 0 fully saturated rings. The van der Waals surface area contributed by atoms with Crippen molar-refractivity contribution in [2.45, 2.75) is 19.9 Å². The molecular weight excluding hydrogens is 342 g/mol. The SMILES string of the molecule is CC(C)C(C(=O)O)N(c1ccc(-c2ccc(C=O)cc2)cc1)S(=O)O. The van der Waals surface area contributed by atoms with E-state index in [-0.39, 0.29) is 5.92 Å². The van der Waals surface area contributed by atoms with Gasteiger partial charge in [-0.2, -0.15) is 0 Å². The molecule has 132 valence electrons. The Labute approximate surface area is 148 Å². The first kappa shape index (κ1) is 18.8. The van der Waals surface area contributed by atoms with Gasteiger partial charge >= 0.3 is 5.97 Å². The van der Waals surface area contributed by atoms with Crippen molar-refractivity contribution in [1.82, 2.24) is 0 Å². The second-order valence-electron chi connectivity index (χ2n) is 5.87. The first-order chi connectivity index (χ1) is 11.8. The van der Waals surface area contributed by atoms with E-state index in [1.54, 1.807) is 62.4 Å². The molecule has 0 spiro atoms. The van der Waals surface area contributed by atoms with Gasteiger partial charge < -0.3 is 5.11 Å². The zero-order valence-corrected chi connectivity index (χ0v) is 14.6. The van der Waals surface area contributed by atoms with Crippen LogP contribution in [-0.4, -0.2) is 32.2 Å². The van der Waals surface area contributed by atoms with E-state index in [1.807, 2.05) is 0 Å². The minimum absolute atomic E-state index is 0.343. The van der Waals surface area contributed by atoms with Gasteiger partial charge in [0.05, 0.1) is 5.69 Å². The number of carbonyl (C=O) groups is 2.